The molecule has 7 heteroatoms. The Balaban J connectivity index is 1.50. The van der Waals surface area contributed by atoms with Gasteiger partial charge in [0.2, 0.25) is 0 Å². The zero-order chi connectivity index (χ0) is 20.9. The molecule has 0 fully saturated rings. The highest BCUT2D eigenvalue weighted by Crippen LogP contribution is 2.30. The molecular weight excluding hydrogens is 418 g/mol. The SMILES string of the molecule is COc1ccc(Cl)cc1NC(=O)Nc1cccc(-c2csc(-c3ccccc3)n2)c1. The second-order valence-electron chi connectivity index (χ2n) is 6.41. The van der Waals surface area contributed by atoms with Crippen molar-refractivity contribution < 1.29 is 9.53 Å². The van der Waals surface area contributed by atoms with E-state index in [2.05, 4.69) is 10.6 Å². The molecule has 1 heterocycles. The normalized spacial score (nSPS) is 10.5. The van der Waals surface area contributed by atoms with Gasteiger partial charge in [-0.15, -0.1) is 11.3 Å². The number of urea groups is 1. The molecule has 4 rings (SSSR count). The molecule has 0 saturated heterocycles. The maximum Gasteiger partial charge on any atom is 0.323 e. The molecule has 5 nitrogen and oxygen atoms in total. The van der Waals surface area contributed by atoms with E-state index in [0.717, 1.165) is 21.8 Å². The molecule has 0 radical (unpaired) electrons. The van der Waals surface area contributed by atoms with Gasteiger partial charge in [0.05, 0.1) is 18.5 Å². The minimum absolute atomic E-state index is 0.393. The van der Waals surface area contributed by atoms with Crippen molar-refractivity contribution in [2.24, 2.45) is 0 Å². The van der Waals surface area contributed by atoms with Crippen LogP contribution in [0.3, 0.4) is 0 Å². The van der Waals surface area contributed by atoms with Gasteiger partial charge in [-0.2, -0.15) is 0 Å². The first-order chi connectivity index (χ1) is 14.6. The Morgan fingerprint density at radius 3 is 2.57 bits per heavy atom. The van der Waals surface area contributed by atoms with Crippen LogP contribution in [0, 0.1) is 0 Å². The van der Waals surface area contributed by atoms with Crippen LogP contribution in [0.25, 0.3) is 21.8 Å². The monoisotopic (exact) mass is 435 g/mol. The van der Waals surface area contributed by atoms with Crippen molar-refractivity contribution in [3.05, 3.63) is 83.2 Å². The van der Waals surface area contributed by atoms with Gasteiger partial charge in [-0.25, -0.2) is 9.78 Å². The van der Waals surface area contributed by atoms with Gasteiger partial charge in [-0.05, 0) is 30.3 Å². The molecule has 4 aromatic rings. The largest absolute Gasteiger partial charge is 0.495 e. The number of anilines is 2. The van der Waals surface area contributed by atoms with Crippen molar-refractivity contribution >= 4 is 40.3 Å². The van der Waals surface area contributed by atoms with Crippen molar-refractivity contribution in [2.45, 2.75) is 0 Å². The molecule has 0 bridgehead atoms. The molecule has 3 aromatic carbocycles. The summed E-state index contributed by atoms with van der Waals surface area (Å²) in [6.07, 6.45) is 0. The van der Waals surface area contributed by atoms with Crippen molar-refractivity contribution in [1.29, 1.82) is 0 Å². The van der Waals surface area contributed by atoms with Gasteiger partial charge in [0, 0.05) is 27.2 Å². The van der Waals surface area contributed by atoms with Crippen LogP contribution in [-0.2, 0) is 0 Å². The predicted molar refractivity (Wildman–Crippen MR) is 124 cm³/mol. The van der Waals surface area contributed by atoms with Gasteiger partial charge in [0.15, 0.2) is 0 Å². The van der Waals surface area contributed by atoms with Crippen molar-refractivity contribution in [3.8, 4) is 27.6 Å². The van der Waals surface area contributed by atoms with E-state index < -0.39 is 6.03 Å². The number of aromatic nitrogens is 1. The number of hydrogen-bond donors (Lipinski definition) is 2. The Morgan fingerprint density at radius 2 is 1.77 bits per heavy atom. The molecule has 0 atom stereocenters. The van der Waals surface area contributed by atoms with Gasteiger partial charge in [-0.3, -0.25) is 0 Å². The molecule has 0 spiro atoms. The Hall–Kier alpha value is -3.35. The Morgan fingerprint density at radius 1 is 0.967 bits per heavy atom. The fourth-order valence-corrected chi connectivity index (χ4v) is 3.95. The number of ether oxygens (including phenoxy) is 1. The molecule has 150 valence electrons. The van der Waals surface area contributed by atoms with E-state index in [0.29, 0.717) is 22.1 Å². The number of carbonyl (C=O) groups excluding carboxylic acids is 1. The van der Waals surface area contributed by atoms with E-state index in [9.17, 15) is 4.79 Å². The zero-order valence-corrected chi connectivity index (χ0v) is 17.6. The topological polar surface area (TPSA) is 63.2 Å². The number of rotatable bonds is 5. The summed E-state index contributed by atoms with van der Waals surface area (Å²) in [4.78, 5) is 17.2. The second-order valence-corrected chi connectivity index (χ2v) is 7.70. The smallest absolute Gasteiger partial charge is 0.323 e. The van der Waals surface area contributed by atoms with Gasteiger partial charge in [0.25, 0.3) is 0 Å². The number of amides is 2. The highest BCUT2D eigenvalue weighted by molar-refractivity contribution is 7.13. The average Bonchev–Trinajstić information content (AvgIpc) is 3.25. The van der Waals surface area contributed by atoms with Gasteiger partial charge < -0.3 is 15.4 Å². The molecule has 2 N–H and O–H groups in total. The molecule has 2 amide bonds. The van der Waals surface area contributed by atoms with Gasteiger partial charge in [-0.1, -0.05) is 54.1 Å². The van der Waals surface area contributed by atoms with Crippen LogP contribution in [0.4, 0.5) is 16.2 Å². The average molecular weight is 436 g/mol. The van der Waals surface area contributed by atoms with Gasteiger partial charge >= 0.3 is 6.03 Å². The number of nitrogens with zero attached hydrogens (tertiary/aromatic N) is 1. The third-order valence-electron chi connectivity index (χ3n) is 4.35. The number of methoxy groups -OCH3 is 1. The summed E-state index contributed by atoms with van der Waals surface area (Å²) in [5.74, 6) is 0.527. The Bertz CT molecular complexity index is 1180. The first kappa shape index (κ1) is 19.9. The fourth-order valence-electron chi connectivity index (χ4n) is 2.94. The molecule has 0 saturated carbocycles. The standard InChI is InChI=1S/C23H18ClN3O2S/c1-29-21-11-10-17(24)13-19(21)27-23(28)25-18-9-5-8-16(12-18)20-14-30-22(26-20)15-6-3-2-4-7-15/h2-14H,1H3,(H2,25,27,28). The van der Waals surface area contributed by atoms with E-state index in [1.165, 1.54) is 7.11 Å². The molecule has 0 aliphatic carbocycles. The van der Waals surface area contributed by atoms with Crippen LogP contribution in [0.5, 0.6) is 5.75 Å². The highest BCUT2D eigenvalue weighted by atomic mass is 35.5. The Kier molecular flexibility index (Phi) is 5.97. The summed E-state index contributed by atoms with van der Waals surface area (Å²) < 4.78 is 5.26. The van der Waals surface area contributed by atoms with E-state index in [1.807, 2.05) is 60.0 Å². The minimum atomic E-state index is -0.393. The maximum atomic E-state index is 12.5. The molecule has 30 heavy (non-hydrogen) atoms. The number of carbonyl (C=O) groups is 1. The molecule has 0 aliphatic heterocycles. The third kappa shape index (κ3) is 4.62. The third-order valence-corrected chi connectivity index (χ3v) is 5.48. The van der Waals surface area contributed by atoms with Crippen molar-refractivity contribution in [3.63, 3.8) is 0 Å². The van der Waals surface area contributed by atoms with E-state index in [1.54, 1.807) is 29.5 Å². The summed E-state index contributed by atoms with van der Waals surface area (Å²) in [6.45, 7) is 0. The minimum Gasteiger partial charge on any atom is -0.495 e. The lowest BCUT2D eigenvalue weighted by Gasteiger charge is -2.12. The second kappa shape index (κ2) is 8.98. The maximum absolute atomic E-state index is 12.5. The summed E-state index contributed by atoms with van der Waals surface area (Å²) in [7, 11) is 1.54. The molecule has 1 aromatic heterocycles. The summed E-state index contributed by atoms with van der Waals surface area (Å²) in [5, 5.41) is 9.07. The molecular formula is C23H18ClN3O2S. The van der Waals surface area contributed by atoms with Crippen LogP contribution < -0.4 is 15.4 Å². The number of benzene rings is 3. The number of nitrogens with one attached hydrogen (secondary N) is 2. The van der Waals surface area contributed by atoms with Crippen molar-refractivity contribution in [2.75, 3.05) is 17.7 Å². The quantitative estimate of drug-likeness (QED) is 0.363. The van der Waals surface area contributed by atoms with Crippen LogP contribution in [0.1, 0.15) is 0 Å². The van der Waals surface area contributed by atoms with Crippen LogP contribution >= 0.6 is 22.9 Å². The molecule has 0 aliphatic rings. The fraction of sp³-hybridized carbons (Fsp3) is 0.0435. The predicted octanol–water partition coefficient (Wildman–Crippen LogP) is 6.78. The first-order valence-corrected chi connectivity index (χ1v) is 10.4. The lowest BCUT2D eigenvalue weighted by molar-refractivity contribution is 0.262. The lowest BCUT2D eigenvalue weighted by Crippen LogP contribution is -2.19. The summed E-state index contributed by atoms with van der Waals surface area (Å²) in [5.41, 5.74) is 4.01. The van der Waals surface area contributed by atoms with Crippen LogP contribution in [0.2, 0.25) is 5.02 Å². The zero-order valence-electron chi connectivity index (χ0n) is 16.1. The Labute approximate surface area is 183 Å². The lowest BCUT2D eigenvalue weighted by atomic mass is 10.1. The van der Waals surface area contributed by atoms with Crippen LogP contribution in [-0.4, -0.2) is 18.1 Å². The number of thiazole rings is 1. The van der Waals surface area contributed by atoms with Crippen molar-refractivity contribution in [1.82, 2.24) is 4.98 Å². The number of halogens is 1. The van der Waals surface area contributed by atoms with E-state index in [-0.39, 0.29) is 0 Å². The molecule has 0 unspecified atom stereocenters. The highest BCUT2D eigenvalue weighted by Gasteiger charge is 2.10. The first-order valence-electron chi connectivity index (χ1n) is 9.15. The van der Waals surface area contributed by atoms with E-state index in [4.69, 9.17) is 21.3 Å². The summed E-state index contributed by atoms with van der Waals surface area (Å²) in [6, 6.07) is 22.2. The van der Waals surface area contributed by atoms with E-state index >= 15 is 0 Å². The summed E-state index contributed by atoms with van der Waals surface area (Å²) >= 11 is 7.61. The number of hydrogen-bond acceptors (Lipinski definition) is 4. The van der Waals surface area contributed by atoms with Gasteiger partial charge in [0.1, 0.15) is 10.8 Å². The van der Waals surface area contributed by atoms with Crippen LogP contribution in [0.15, 0.2) is 78.2 Å².